The van der Waals surface area contributed by atoms with Gasteiger partial charge in [-0.25, -0.2) is 16.8 Å². The normalized spacial score (nSPS) is 13.1. The standard InChI is InChI=1S/C52H32N2O8S2/c55-49-39-15-7-9-17-41(39)51(57)47-43(53-63(59,60)35-23-19-33(20-24-35)31-11-3-1-4-12-31)29-27-37(45(47)49)38-28-30-44(48-46(38)50(56)40-16-8-10-18-42(40)52(48)58)54-64(61,62)36-25-21-34(22-26-36)32-13-5-2-6-14-32/h1-30,53-54H. The fraction of sp³-hybridized carbons (Fsp3) is 0. The van der Waals surface area contributed by atoms with Crippen molar-refractivity contribution in [3.63, 3.8) is 0 Å². The van der Waals surface area contributed by atoms with E-state index in [0.29, 0.717) is 0 Å². The number of sulfonamides is 2. The molecule has 2 N–H and O–H groups in total. The van der Waals surface area contributed by atoms with Crippen LogP contribution >= 0.6 is 0 Å². The van der Waals surface area contributed by atoms with Gasteiger partial charge < -0.3 is 0 Å². The number of hydrogen-bond donors (Lipinski definition) is 2. The Bertz CT molecular complexity index is 3280. The van der Waals surface area contributed by atoms with Gasteiger partial charge in [-0.05, 0) is 69.8 Å². The molecule has 0 fully saturated rings. The van der Waals surface area contributed by atoms with Crippen LogP contribution in [0.5, 0.6) is 0 Å². The molecule has 0 heterocycles. The Morgan fingerprint density at radius 3 is 0.875 bits per heavy atom. The Morgan fingerprint density at radius 1 is 0.266 bits per heavy atom. The van der Waals surface area contributed by atoms with Crippen molar-refractivity contribution in [3.8, 4) is 33.4 Å². The van der Waals surface area contributed by atoms with Crippen LogP contribution in [0.4, 0.5) is 11.4 Å². The Kier molecular flexibility index (Phi) is 9.62. The summed E-state index contributed by atoms with van der Waals surface area (Å²) in [6, 6.07) is 49.0. The zero-order valence-corrected chi connectivity index (χ0v) is 35.0. The minimum atomic E-state index is -4.35. The van der Waals surface area contributed by atoms with Crippen LogP contribution < -0.4 is 9.44 Å². The molecule has 0 bridgehead atoms. The zero-order chi connectivity index (χ0) is 44.3. The van der Waals surface area contributed by atoms with Gasteiger partial charge >= 0.3 is 0 Å². The van der Waals surface area contributed by atoms with Crippen LogP contribution in [0.3, 0.4) is 0 Å². The van der Waals surface area contributed by atoms with Crippen LogP contribution in [-0.2, 0) is 20.0 Å². The molecular weight excluding hydrogens is 845 g/mol. The Balaban J connectivity index is 1.11. The number of carbonyl (C=O) groups excluding carboxylic acids is 4. The summed E-state index contributed by atoms with van der Waals surface area (Å²) >= 11 is 0. The van der Waals surface area contributed by atoms with Gasteiger partial charge in [0.05, 0.1) is 32.3 Å². The number of rotatable bonds is 9. The van der Waals surface area contributed by atoms with Gasteiger partial charge in [-0.1, -0.05) is 146 Å². The fourth-order valence-electron chi connectivity index (χ4n) is 8.39. The van der Waals surface area contributed by atoms with Crippen LogP contribution in [0.1, 0.15) is 63.7 Å². The molecule has 0 atom stereocenters. The molecule has 0 saturated carbocycles. The maximum absolute atomic E-state index is 14.7. The first kappa shape index (κ1) is 40.0. The SMILES string of the molecule is O=C1c2ccccc2C(=O)c2c(-c3ccc(NS(=O)(=O)c4ccc(-c5ccccc5)cc4)c4c3C(=O)c3ccccc3C4=O)ccc(NS(=O)(=O)c3ccc(-c4ccccc4)cc3)c21. The second-order valence-corrected chi connectivity index (χ2v) is 18.6. The van der Waals surface area contributed by atoms with E-state index in [9.17, 15) is 36.0 Å². The lowest BCUT2D eigenvalue weighted by Gasteiger charge is -2.27. The molecule has 0 aliphatic heterocycles. The van der Waals surface area contributed by atoms with Crippen LogP contribution in [0.2, 0.25) is 0 Å². The summed E-state index contributed by atoms with van der Waals surface area (Å²) in [6.07, 6.45) is 0. The number of nitrogens with one attached hydrogen (secondary N) is 2. The van der Waals surface area contributed by atoms with Crippen molar-refractivity contribution < 1.29 is 36.0 Å². The molecule has 0 amide bonds. The highest BCUT2D eigenvalue weighted by Crippen LogP contribution is 2.44. The van der Waals surface area contributed by atoms with E-state index < -0.39 is 43.2 Å². The highest BCUT2D eigenvalue weighted by molar-refractivity contribution is 7.93. The first-order valence-corrected chi connectivity index (χ1v) is 23.0. The molecule has 0 radical (unpaired) electrons. The van der Waals surface area contributed by atoms with Gasteiger partial charge in [0.1, 0.15) is 0 Å². The third-order valence-corrected chi connectivity index (χ3v) is 14.2. The molecule has 8 aromatic carbocycles. The van der Waals surface area contributed by atoms with Crippen LogP contribution in [0.15, 0.2) is 192 Å². The number of benzene rings is 8. The van der Waals surface area contributed by atoms with Crippen molar-refractivity contribution in [1.82, 2.24) is 0 Å². The van der Waals surface area contributed by atoms with Gasteiger partial charge in [0, 0.05) is 33.4 Å². The molecule has 12 heteroatoms. The molecule has 8 aromatic rings. The van der Waals surface area contributed by atoms with Crippen LogP contribution in [-0.4, -0.2) is 40.0 Å². The van der Waals surface area contributed by atoms with E-state index in [0.717, 1.165) is 22.3 Å². The van der Waals surface area contributed by atoms with E-state index in [1.54, 1.807) is 48.5 Å². The Hall–Kier alpha value is -8.06. The quantitative estimate of drug-likeness (QED) is 0.145. The molecule has 0 unspecified atom stereocenters. The molecular formula is C52H32N2O8S2. The lowest BCUT2D eigenvalue weighted by molar-refractivity contribution is 0.0978. The number of carbonyl (C=O) groups is 4. The molecule has 310 valence electrons. The molecule has 0 aromatic heterocycles. The molecule has 10 rings (SSSR count). The minimum absolute atomic E-state index is 0.0496. The highest BCUT2D eigenvalue weighted by atomic mass is 32.2. The zero-order valence-electron chi connectivity index (χ0n) is 33.4. The van der Waals surface area contributed by atoms with Crippen LogP contribution in [0, 0.1) is 0 Å². The summed E-state index contributed by atoms with van der Waals surface area (Å²) in [5.74, 6) is -2.54. The maximum Gasteiger partial charge on any atom is 0.261 e. The van der Waals surface area contributed by atoms with E-state index in [1.807, 2.05) is 60.7 Å². The van der Waals surface area contributed by atoms with E-state index >= 15 is 0 Å². The summed E-state index contributed by atoms with van der Waals surface area (Å²) in [7, 11) is -8.69. The second-order valence-electron chi connectivity index (χ2n) is 15.2. The number of hydrogen-bond acceptors (Lipinski definition) is 8. The summed E-state index contributed by atoms with van der Waals surface area (Å²) in [4.78, 5) is 58.2. The third-order valence-electron chi connectivity index (χ3n) is 11.5. The van der Waals surface area contributed by atoms with E-state index in [-0.39, 0.29) is 76.8 Å². The van der Waals surface area contributed by atoms with Crippen molar-refractivity contribution >= 4 is 54.6 Å². The van der Waals surface area contributed by atoms with Crippen LogP contribution in [0.25, 0.3) is 33.4 Å². The van der Waals surface area contributed by atoms with Gasteiger partial charge in [0.2, 0.25) is 0 Å². The summed E-state index contributed by atoms with van der Waals surface area (Å²) in [5.41, 5.74) is 2.42. The second kappa shape index (κ2) is 15.4. The molecule has 0 saturated heterocycles. The monoisotopic (exact) mass is 876 g/mol. The van der Waals surface area contributed by atoms with Gasteiger partial charge in [0.15, 0.2) is 23.1 Å². The lowest BCUT2D eigenvalue weighted by Crippen LogP contribution is -2.27. The average molecular weight is 877 g/mol. The van der Waals surface area contributed by atoms with Crippen molar-refractivity contribution in [2.24, 2.45) is 0 Å². The predicted octanol–water partition coefficient (Wildman–Crippen LogP) is 9.84. The van der Waals surface area contributed by atoms with E-state index in [1.165, 1.54) is 72.8 Å². The van der Waals surface area contributed by atoms with Gasteiger partial charge in [-0.15, -0.1) is 0 Å². The van der Waals surface area contributed by atoms with E-state index in [4.69, 9.17) is 0 Å². The molecule has 2 aliphatic rings. The van der Waals surface area contributed by atoms with Gasteiger partial charge in [-0.2, -0.15) is 0 Å². The maximum atomic E-state index is 14.7. The van der Waals surface area contributed by atoms with Crippen molar-refractivity contribution in [2.75, 3.05) is 9.44 Å². The van der Waals surface area contributed by atoms with Crippen molar-refractivity contribution in [1.29, 1.82) is 0 Å². The summed E-state index contributed by atoms with van der Waals surface area (Å²) in [5, 5.41) is 0. The average Bonchev–Trinajstić information content (AvgIpc) is 3.33. The minimum Gasteiger partial charge on any atom is -0.289 e. The first-order valence-electron chi connectivity index (χ1n) is 20.0. The molecule has 0 spiro atoms. The lowest BCUT2D eigenvalue weighted by atomic mass is 9.76. The fourth-order valence-corrected chi connectivity index (χ4v) is 10.5. The smallest absolute Gasteiger partial charge is 0.261 e. The van der Waals surface area contributed by atoms with E-state index in [2.05, 4.69) is 9.44 Å². The Morgan fingerprint density at radius 2 is 0.547 bits per heavy atom. The summed E-state index contributed by atoms with van der Waals surface area (Å²) < 4.78 is 61.1. The Labute approximate surface area is 368 Å². The van der Waals surface area contributed by atoms with Gasteiger partial charge in [0.25, 0.3) is 20.0 Å². The van der Waals surface area contributed by atoms with Crippen molar-refractivity contribution in [3.05, 3.63) is 226 Å². The van der Waals surface area contributed by atoms with Gasteiger partial charge in [-0.3, -0.25) is 28.6 Å². The first-order chi connectivity index (χ1) is 30.9. The molecule has 2 aliphatic carbocycles. The number of anilines is 2. The van der Waals surface area contributed by atoms with Crippen molar-refractivity contribution in [2.45, 2.75) is 9.79 Å². The topological polar surface area (TPSA) is 161 Å². The summed E-state index contributed by atoms with van der Waals surface area (Å²) in [6.45, 7) is 0. The third kappa shape index (κ3) is 6.72. The molecule has 10 nitrogen and oxygen atoms in total. The number of ketones is 4. The largest absolute Gasteiger partial charge is 0.289 e. The molecule has 64 heavy (non-hydrogen) atoms. The predicted molar refractivity (Wildman–Crippen MR) is 244 cm³/mol. The highest BCUT2D eigenvalue weighted by Gasteiger charge is 2.39. The number of fused-ring (bicyclic) bond motifs is 4.